The molecular formula is C18H22NO2+. The Bertz CT molecular complexity index is 661. The van der Waals surface area contributed by atoms with E-state index < -0.39 is 0 Å². The molecule has 0 radical (unpaired) electrons. The average Bonchev–Trinajstić information content (AvgIpc) is 2.72. The van der Waals surface area contributed by atoms with E-state index in [2.05, 4.69) is 43.0 Å². The topological polar surface area (TPSA) is 21.5 Å². The molecule has 1 spiro atoms. The van der Waals surface area contributed by atoms with Crippen LogP contribution in [-0.2, 0) is 5.41 Å². The average molecular weight is 284 g/mol. The minimum absolute atomic E-state index is 0.0208. The quantitative estimate of drug-likeness (QED) is 0.584. The number of hydrogen-bond acceptors (Lipinski definition) is 2. The van der Waals surface area contributed by atoms with Gasteiger partial charge in [-0.25, -0.2) is 4.58 Å². The Kier molecular flexibility index (Phi) is 2.69. The molecule has 0 amide bonds. The highest BCUT2D eigenvalue weighted by Gasteiger charge is 2.52. The molecule has 2 heterocycles. The molecule has 1 aromatic rings. The molecule has 3 atom stereocenters. The van der Waals surface area contributed by atoms with Gasteiger partial charge in [-0.15, -0.1) is 0 Å². The molecule has 3 unspecified atom stereocenters. The minimum atomic E-state index is 0.0208. The summed E-state index contributed by atoms with van der Waals surface area (Å²) in [6, 6.07) is 4.20. The van der Waals surface area contributed by atoms with E-state index in [1.54, 1.807) is 7.11 Å². The summed E-state index contributed by atoms with van der Waals surface area (Å²) in [5, 5.41) is 0. The van der Waals surface area contributed by atoms with Crippen molar-refractivity contribution in [1.29, 1.82) is 0 Å². The molecule has 0 saturated carbocycles. The predicted octanol–water partition coefficient (Wildman–Crippen LogP) is 2.75. The van der Waals surface area contributed by atoms with E-state index in [0.29, 0.717) is 5.92 Å². The molecule has 2 aliphatic heterocycles. The lowest BCUT2D eigenvalue weighted by molar-refractivity contribution is -0.493. The number of methoxy groups -OCH3 is 1. The largest absolute Gasteiger partial charge is 0.493 e. The number of hydrogen-bond donors (Lipinski definition) is 0. The molecule has 4 rings (SSSR count). The van der Waals surface area contributed by atoms with Crippen LogP contribution in [0, 0.1) is 5.92 Å². The Labute approximate surface area is 125 Å². The monoisotopic (exact) mass is 284 g/mol. The lowest BCUT2D eigenvalue weighted by Crippen LogP contribution is -2.41. The molecule has 3 heteroatoms. The maximum absolute atomic E-state index is 6.39. The van der Waals surface area contributed by atoms with Gasteiger partial charge in [0.1, 0.15) is 19.7 Å². The zero-order valence-corrected chi connectivity index (χ0v) is 12.9. The third-order valence-corrected chi connectivity index (χ3v) is 5.22. The minimum Gasteiger partial charge on any atom is -0.493 e. The van der Waals surface area contributed by atoms with Crippen molar-refractivity contribution in [2.24, 2.45) is 5.92 Å². The zero-order chi connectivity index (χ0) is 14.6. The second-order valence-electron chi connectivity index (χ2n) is 6.64. The van der Waals surface area contributed by atoms with Crippen molar-refractivity contribution < 1.29 is 14.0 Å². The van der Waals surface area contributed by atoms with E-state index in [1.807, 2.05) is 6.07 Å². The fourth-order valence-corrected chi connectivity index (χ4v) is 4.09. The fraction of sp³-hybridized carbons (Fsp3) is 0.500. The first-order valence-corrected chi connectivity index (χ1v) is 7.76. The fourth-order valence-electron chi connectivity index (χ4n) is 4.09. The molecule has 1 aromatic carbocycles. The molecule has 1 aliphatic carbocycles. The smallest absolute Gasteiger partial charge is 0.170 e. The van der Waals surface area contributed by atoms with Gasteiger partial charge in [-0.1, -0.05) is 19.1 Å². The van der Waals surface area contributed by atoms with Crippen LogP contribution in [0.5, 0.6) is 11.5 Å². The summed E-state index contributed by atoms with van der Waals surface area (Å²) < 4.78 is 14.2. The highest BCUT2D eigenvalue weighted by Crippen LogP contribution is 2.55. The normalized spacial score (nSPS) is 32.6. The van der Waals surface area contributed by atoms with Gasteiger partial charge in [0.25, 0.3) is 0 Å². The highest BCUT2D eigenvalue weighted by molar-refractivity contribution is 5.83. The van der Waals surface area contributed by atoms with Crippen LogP contribution in [0.15, 0.2) is 24.3 Å². The second kappa shape index (κ2) is 4.36. The number of ether oxygens (including phenoxy) is 2. The lowest BCUT2D eigenvalue weighted by Gasteiger charge is -2.35. The summed E-state index contributed by atoms with van der Waals surface area (Å²) in [5.41, 5.74) is 2.62. The summed E-state index contributed by atoms with van der Waals surface area (Å²) in [6.45, 7) is 3.32. The van der Waals surface area contributed by atoms with E-state index in [0.717, 1.165) is 30.9 Å². The molecule has 0 N–H and O–H groups in total. The van der Waals surface area contributed by atoms with Gasteiger partial charge in [0.2, 0.25) is 0 Å². The van der Waals surface area contributed by atoms with E-state index in [4.69, 9.17) is 9.47 Å². The Morgan fingerprint density at radius 3 is 3.05 bits per heavy atom. The first-order chi connectivity index (χ1) is 10.1. The third-order valence-electron chi connectivity index (χ3n) is 5.22. The van der Waals surface area contributed by atoms with Gasteiger partial charge in [0.05, 0.1) is 12.5 Å². The van der Waals surface area contributed by atoms with Crippen molar-refractivity contribution in [3.63, 3.8) is 0 Å². The van der Waals surface area contributed by atoms with Crippen LogP contribution in [0.4, 0.5) is 0 Å². The molecule has 0 fully saturated rings. The molecule has 0 saturated heterocycles. The van der Waals surface area contributed by atoms with Crippen LogP contribution < -0.4 is 9.47 Å². The summed E-state index contributed by atoms with van der Waals surface area (Å²) in [5.74, 6) is 2.40. The Balaban J connectivity index is 1.99. The van der Waals surface area contributed by atoms with Gasteiger partial charge < -0.3 is 9.47 Å². The van der Waals surface area contributed by atoms with Gasteiger partial charge in [0.15, 0.2) is 17.7 Å². The SMILES string of the molecule is COc1ccc2c3c1OC1CC(C)C=CC31CC[N+](C)=C2. The molecule has 110 valence electrons. The summed E-state index contributed by atoms with van der Waals surface area (Å²) in [4.78, 5) is 0. The third kappa shape index (κ3) is 1.69. The van der Waals surface area contributed by atoms with Gasteiger partial charge >= 0.3 is 0 Å². The first-order valence-electron chi connectivity index (χ1n) is 7.76. The summed E-state index contributed by atoms with van der Waals surface area (Å²) in [6.07, 6.45) is 9.43. The summed E-state index contributed by atoms with van der Waals surface area (Å²) >= 11 is 0. The Morgan fingerprint density at radius 1 is 1.38 bits per heavy atom. The van der Waals surface area contributed by atoms with Crippen molar-refractivity contribution in [1.82, 2.24) is 0 Å². The van der Waals surface area contributed by atoms with Crippen molar-refractivity contribution in [3.8, 4) is 11.5 Å². The van der Waals surface area contributed by atoms with Crippen molar-refractivity contribution >= 4 is 6.21 Å². The van der Waals surface area contributed by atoms with Gasteiger partial charge in [-0.05, 0) is 24.5 Å². The molecule has 0 bridgehead atoms. The summed E-state index contributed by atoms with van der Waals surface area (Å²) in [7, 11) is 3.88. The van der Waals surface area contributed by atoms with E-state index >= 15 is 0 Å². The van der Waals surface area contributed by atoms with Gasteiger partial charge in [-0.3, -0.25) is 0 Å². The number of allylic oxidation sites excluding steroid dienone is 1. The highest BCUT2D eigenvalue weighted by atomic mass is 16.5. The first kappa shape index (κ1) is 12.9. The molecule has 0 aromatic heterocycles. The van der Waals surface area contributed by atoms with Crippen LogP contribution in [0.2, 0.25) is 0 Å². The number of benzene rings is 1. The van der Waals surface area contributed by atoms with Gasteiger partial charge in [-0.2, -0.15) is 0 Å². The number of rotatable bonds is 1. The zero-order valence-electron chi connectivity index (χ0n) is 12.9. The van der Waals surface area contributed by atoms with Crippen LogP contribution in [0.25, 0.3) is 0 Å². The van der Waals surface area contributed by atoms with Gasteiger partial charge in [0, 0.05) is 17.5 Å². The molecular weight excluding hydrogens is 262 g/mol. The van der Waals surface area contributed by atoms with Crippen LogP contribution in [0.3, 0.4) is 0 Å². The van der Waals surface area contributed by atoms with Crippen LogP contribution >= 0.6 is 0 Å². The van der Waals surface area contributed by atoms with Crippen LogP contribution in [-0.4, -0.2) is 37.6 Å². The van der Waals surface area contributed by atoms with Crippen molar-refractivity contribution in [2.75, 3.05) is 20.7 Å². The Morgan fingerprint density at radius 2 is 2.24 bits per heavy atom. The van der Waals surface area contributed by atoms with E-state index in [1.165, 1.54) is 11.1 Å². The molecule has 3 nitrogen and oxygen atoms in total. The Hall–Kier alpha value is -1.77. The maximum Gasteiger partial charge on any atom is 0.170 e. The maximum atomic E-state index is 6.39. The van der Waals surface area contributed by atoms with E-state index in [9.17, 15) is 0 Å². The van der Waals surface area contributed by atoms with Crippen molar-refractivity contribution in [2.45, 2.75) is 31.3 Å². The molecule has 3 aliphatic rings. The standard InChI is InChI=1S/C18H22NO2/c1-12-6-7-18-8-9-19(2)11-13-4-5-14(20-3)17(16(13)18)21-15(18)10-12/h4-7,11-12,15H,8-10H2,1-3H3/q+1. The van der Waals surface area contributed by atoms with Crippen LogP contribution in [0.1, 0.15) is 30.9 Å². The number of nitrogens with zero attached hydrogens (tertiary/aromatic N) is 1. The predicted molar refractivity (Wildman–Crippen MR) is 82.8 cm³/mol. The lowest BCUT2D eigenvalue weighted by atomic mass is 9.68. The molecule has 21 heavy (non-hydrogen) atoms. The second-order valence-corrected chi connectivity index (χ2v) is 6.64. The van der Waals surface area contributed by atoms with E-state index in [-0.39, 0.29) is 11.5 Å². The van der Waals surface area contributed by atoms with Crippen molar-refractivity contribution in [3.05, 3.63) is 35.4 Å².